The van der Waals surface area contributed by atoms with Crippen LogP contribution in [0, 0.1) is 13.8 Å². The predicted octanol–water partition coefficient (Wildman–Crippen LogP) is 1.95. The number of nitrogens with zero attached hydrogens (tertiary/aromatic N) is 4. The molecule has 22 heavy (non-hydrogen) atoms. The molecule has 0 aliphatic rings. The van der Waals surface area contributed by atoms with Crippen LogP contribution < -0.4 is 5.32 Å². The molecule has 0 aliphatic heterocycles. The number of hydrogen-bond acceptors (Lipinski definition) is 4. The molecule has 0 saturated carbocycles. The van der Waals surface area contributed by atoms with Crippen molar-refractivity contribution < 1.29 is 4.79 Å². The average molecular weight is 298 g/mol. The van der Waals surface area contributed by atoms with Crippen molar-refractivity contribution in [1.29, 1.82) is 0 Å². The number of aryl methyl sites for hydroxylation is 2. The molecule has 0 aliphatic carbocycles. The van der Waals surface area contributed by atoms with E-state index in [1.807, 2.05) is 20.8 Å². The number of amides is 1. The van der Waals surface area contributed by atoms with Gasteiger partial charge < -0.3 is 10.3 Å². The second kappa shape index (κ2) is 5.59. The molecular weight excluding hydrogens is 280 g/mol. The lowest BCUT2D eigenvalue weighted by molar-refractivity contribution is 0.0927. The second-order valence-electron chi connectivity index (χ2n) is 5.22. The van der Waals surface area contributed by atoms with Gasteiger partial charge in [-0.25, -0.2) is 15.0 Å². The highest BCUT2D eigenvalue weighted by molar-refractivity contribution is 5.94. The highest BCUT2D eigenvalue weighted by Crippen LogP contribution is 2.16. The van der Waals surface area contributed by atoms with E-state index in [0.717, 1.165) is 17.9 Å². The monoisotopic (exact) mass is 298 g/mol. The number of imidazole rings is 2. The van der Waals surface area contributed by atoms with E-state index in [-0.39, 0.29) is 11.9 Å². The largest absolute Gasteiger partial charge is 0.344 e. The van der Waals surface area contributed by atoms with Crippen LogP contribution in [0.15, 0.2) is 24.7 Å². The molecule has 7 heteroatoms. The molecule has 0 unspecified atom stereocenters. The van der Waals surface area contributed by atoms with Crippen molar-refractivity contribution in [3.8, 4) is 0 Å². The van der Waals surface area contributed by atoms with Crippen molar-refractivity contribution in [2.45, 2.75) is 33.2 Å². The van der Waals surface area contributed by atoms with Gasteiger partial charge in [0.05, 0.1) is 11.7 Å². The van der Waals surface area contributed by atoms with Crippen LogP contribution in [0.4, 0.5) is 0 Å². The van der Waals surface area contributed by atoms with Gasteiger partial charge in [0.25, 0.3) is 5.91 Å². The molecule has 3 aromatic heterocycles. The molecule has 114 valence electrons. The topological polar surface area (TPSA) is 88.0 Å². The summed E-state index contributed by atoms with van der Waals surface area (Å²) in [6.45, 7) is 5.75. The van der Waals surface area contributed by atoms with Crippen molar-refractivity contribution in [2.75, 3.05) is 0 Å². The number of rotatable bonds is 4. The third-order valence-electron chi connectivity index (χ3n) is 3.56. The minimum Gasteiger partial charge on any atom is -0.344 e. The first-order valence-electron chi connectivity index (χ1n) is 7.22. The van der Waals surface area contributed by atoms with Gasteiger partial charge in [0.15, 0.2) is 0 Å². The predicted molar refractivity (Wildman–Crippen MR) is 81.5 cm³/mol. The maximum absolute atomic E-state index is 12.6. The van der Waals surface area contributed by atoms with E-state index in [9.17, 15) is 4.79 Å². The summed E-state index contributed by atoms with van der Waals surface area (Å²) in [5.41, 5.74) is 2.13. The van der Waals surface area contributed by atoms with Gasteiger partial charge in [0.2, 0.25) is 5.78 Å². The van der Waals surface area contributed by atoms with Crippen LogP contribution in [0.5, 0.6) is 0 Å². The van der Waals surface area contributed by atoms with Crippen molar-refractivity contribution in [3.05, 3.63) is 47.6 Å². The second-order valence-corrected chi connectivity index (χ2v) is 5.22. The van der Waals surface area contributed by atoms with Gasteiger partial charge in [-0.05, 0) is 26.3 Å². The Labute approximate surface area is 127 Å². The van der Waals surface area contributed by atoms with Crippen LogP contribution >= 0.6 is 0 Å². The summed E-state index contributed by atoms with van der Waals surface area (Å²) in [6.07, 6.45) is 5.94. The van der Waals surface area contributed by atoms with Crippen molar-refractivity contribution in [2.24, 2.45) is 0 Å². The van der Waals surface area contributed by atoms with E-state index < -0.39 is 0 Å². The Balaban J connectivity index is 1.91. The Hall–Kier alpha value is -2.70. The van der Waals surface area contributed by atoms with Crippen molar-refractivity contribution in [1.82, 2.24) is 29.7 Å². The number of nitrogens with one attached hydrogen (secondary N) is 2. The quantitative estimate of drug-likeness (QED) is 0.770. The summed E-state index contributed by atoms with van der Waals surface area (Å²) in [5.74, 6) is 1.10. The molecule has 0 spiro atoms. The number of aromatic nitrogens is 5. The highest BCUT2D eigenvalue weighted by atomic mass is 16.2. The van der Waals surface area contributed by atoms with E-state index in [1.165, 1.54) is 0 Å². The number of carbonyl (C=O) groups is 1. The summed E-state index contributed by atoms with van der Waals surface area (Å²) in [5, 5.41) is 3.01. The Morgan fingerprint density at radius 2 is 2.23 bits per heavy atom. The van der Waals surface area contributed by atoms with Gasteiger partial charge in [-0.15, -0.1) is 0 Å². The van der Waals surface area contributed by atoms with E-state index in [1.54, 1.807) is 29.1 Å². The van der Waals surface area contributed by atoms with Gasteiger partial charge in [0.1, 0.15) is 11.5 Å². The Morgan fingerprint density at radius 1 is 1.41 bits per heavy atom. The average Bonchev–Trinajstić information content (AvgIpc) is 3.07. The fraction of sp³-hybridized carbons (Fsp3) is 0.333. The summed E-state index contributed by atoms with van der Waals surface area (Å²) in [7, 11) is 0. The molecule has 3 rings (SSSR count). The van der Waals surface area contributed by atoms with Crippen LogP contribution in [0.3, 0.4) is 0 Å². The van der Waals surface area contributed by atoms with Crippen LogP contribution in [-0.4, -0.2) is 30.2 Å². The maximum Gasteiger partial charge on any atom is 0.270 e. The van der Waals surface area contributed by atoms with Crippen LogP contribution in [0.2, 0.25) is 0 Å². The van der Waals surface area contributed by atoms with Crippen LogP contribution in [0.25, 0.3) is 5.78 Å². The lowest BCUT2D eigenvalue weighted by Crippen LogP contribution is -2.30. The zero-order valence-electron chi connectivity index (χ0n) is 12.8. The summed E-state index contributed by atoms with van der Waals surface area (Å²) in [4.78, 5) is 28.6. The first-order valence-corrected chi connectivity index (χ1v) is 7.22. The van der Waals surface area contributed by atoms with Gasteiger partial charge in [-0.3, -0.25) is 9.20 Å². The number of fused-ring (bicyclic) bond motifs is 1. The Kier molecular flexibility index (Phi) is 3.62. The smallest absolute Gasteiger partial charge is 0.270 e. The fourth-order valence-corrected chi connectivity index (χ4v) is 2.47. The summed E-state index contributed by atoms with van der Waals surface area (Å²) >= 11 is 0. The first-order chi connectivity index (χ1) is 10.6. The molecule has 1 atom stereocenters. The molecule has 3 heterocycles. The molecule has 0 saturated heterocycles. The van der Waals surface area contributed by atoms with Gasteiger partial charge in [-0.2, -0.15) is 0 Å². The molecule has 0 bridgehead atoms. The third-order valence-corrected chi connectivity index (χ3v) is 3.56. The lowest BCUT2D eigenvalue weighted by Gasteiger charge is -2.14. The van der Waals surface area contributed by atoms with Crippen LogP contribution in [-0.2, 0) is 0 Å². The van der Waals surface area contributed by atoms with Gasteiger partial charge in [0, 0.05) is 24.3 Å². The molecule has 0 aromatic carbocycles. The molecule has 1 amide bonds. The minimum absolute atomic E-state index is 0.164. The highest BCUT2D eigenvalue weighted by Gasteiger charge is 2.21. The minimum atomic E-state index is -0.182. The van der Waals surface area contributed by atoms with Crippen molar-refractivity contribution in [3.63, 3.8) is 0 Å². The number of hydrogen-bond donors (Lipinski definition) is 2. The molecular formula is C15H18N6O. The van der Waals surface area contributed by atoms with E-state index >= 15 is 0 Å². The van der Waals surface area contributed by atoms with E-state index in [4.69, 9.17) is 0 Å². The summed E-state index contributed by atoms with van der Waals surface area (Å²) in [6, 6.07) is 1.61. The SMILES string of the molecule is CC[C@H](NC(=O)c1c(C)nc2ncccn12)c1ncc(C)[nH]1. The van der Waals surface area contributed by atoms with Crippen LogP contribution in [0.1, 0.15) is 47.1 Å². The molecule has 0 fully saturated rings. The third kappa shape index (κ3) is 2.45. The first kappa shape index (κ1) is 14.2. The number of aromatic amines is 1. The fourth-order valence-electron chi connectivity index (χ4n) is 2.47. The van der Waals surface area contributed by atoms with E-state index in [0.29, 0.717) is 17.2 Å². The zero-order chi connectivity index (χ0) is 15.7. The molecule has 7 nitrogen and oxygen atoms in total. The Bertz CT molecular complexity index is 818. The van der Waals surface area contributed by atoms with E-state index in [2.05, 4.69) is 25.3 Å². The maximum atomic E-state index is 12.6. The zero-order valence-corrected chi connectivity index (χ0v) is 12.8. The number of H-pyrrole nitrogens is 1. The lowest BCUT2D eigenvalue weighted by atomic mass is 10.2. The van der Waals surface area contributed by atoms with Gasteiger partial charge >= 0.3 is 0 Å². The molecule has 3 aromatic rings. The van der Waals surface area contributed by atoms with Gasteiger partial charge in [-0.1, -0.05) is 6.92 Å². The standard InChI is InChI=1S/C15H18N6O/c1-4-11(13-17-8-9(2)18-13)20-14(22)12-10(3)19-15-16-6-5-7-21(12)15/h5-8,11H,4H2,1-3H3,(H,17,18)(H,20,22)/t11-/m0/s1. The Morgan fingerprint density at radius 3 is 2.91 bits per heavy atom. The molecule has 0 radical (unpaired) electrons. The molecule has 2 N–H and O–H groups in total. The normalized spacial score (nSPS) is 12.5. The van der Waals surface area contributed by atoms with Crippen molar-refractivity contribution >= 4 is 11.7 Å². The summed E-state index contributed by atoms with van der Waals surface area (Å²) < 4.78 is 1.70. The number of carbonyl (C=O) groups excluding carboxylic acids is 1.